The molecule has 2 N–H and O–H groups in total. The molecule has 30 heavy (non-hydrogen) atoms. The van der Waals surface area contributed by atoms with Gasteiger partial charge in [-0.3, -0.25) is 0 Å². The molecule has 0 saturated carbocycles. The Bertz CT molecular complexity index is 833. The predicted molar refractivity (Wildman–Crippen MR) is 121 cm³/mol. The molecular formula is C19H35BrN4O5Si. The molecule has 1 rings (SSSR count). The summed E-state index contributed by atoms with van der Waals surface area (Å²) < 4.78 is 15.9. The number of ether oxygens (including phenoxy) is 1. The van der Waals surface area contributed by atoms with Crippen LogP contribution < -0.4 is 10.9 Å². The summed E-state index contributed by atoms with van der Waals surface area (Å²) in [6.45, 7) is 16.3. The number of aromatic nitrogens is 2. The fraction of sp³-hybridized carbons (Fsp3) is 0.737. The number of hydrogen-bond acceptors (Lipinski definition) is 4. The topological polar surface area (TPSA) is 107 Å². The van der Waals surface area contributed by atoms with Gasteiger partial charge in [0, 0.05) is 19.8 Å². The number of nitrogens with one attached hydrogen (secondary N) is 1. The lowest BCUT2D eigenvalue weighted by molar-refractivity contribution is 0.0592. The molecule has 1 atom stereocenters. The molecule has 1 aromatic heterocycles. The number of imidazole rings is 1. The first-order chi connectivity index (χ1) is 13.4. The maximum Gasteiger partial charge on any atom is 0.437 e. The molecule has 0 spiro atoms. The smallest absolute Gasteiger partial charge is 0.437 e. The Morgan fingerprint density at radius 3 is 2.30 bits per heavy atom. The van der Waals surface area contributed by atoms with Gasteiger partial charge in [-0.15, -0.1) is 4.99 Å². The highest BCUT2D eigenvalue weighted by Crippen LogP contribution is 2.37. The summed E-state index contributed by atoms with van der Waals surface area (Å²) in [6.07, 6.45) is -0.465. The molecule has 0 bridgehead atoms. The first-order valence-corrected chi connectivity index (χ1v) is 13.5. The molecule has 2 amide bonds. The fourth-order valence-electron chi connectivity index (χ4n) is 2.36. The lowest BCUT2D eigenvalue weighted by Gasteiger charge is -2.39. The summed E-state index contributed by atoms with van der Waals surface area (Å²) in [5.41, 5.74) is -0.289. The van der Waals surface area contributed by atoms with Crippen molar-refractivity contribution in [1.29, 1.82) is 0 Å². The van der Waals surface area contributed by atoms with Crippen LogP contribution in [0.15, 0.2) is 15.8 Å². The van der Waals surface area contributed by atoms with E-state index >= 15 is 0 Å². The Balaban J connectivity index is 3.28. The Morgan fingerprint density at radius 1 is 1.27 bits per heavy atom. The lowest BCUT2D eigenvalue weighted by Crippen LogP contribution is -2.49. The summed E-state index contributed by atoms with van der Waals surface area (Å²) in [5, 5.41) is 11.4. The van der Waals surface area contributed by atoms with Gasteiger partial charge in [0.15, 0.2) is 8.32 Å². The summed E-state index contributed by atoms with van der Waals surface area (Å²) >= 11 is 3.45. The number of carboxylic acid groups (broad SMARTS) is 1. The van der Waals surface area contributed by atoms with Gasteiger partial charge < -0.3 is 28.7 Å². The van der Waals surface area contributed by atoms with E-state index in [2.05, 4.69) is 60.1 Å². The number of carbonyl (C=O) groups excluding carboxylic acids is 1. The molecule has 0 fully saturated rings. The first kappa shape index (κ1) is 26.4. The quantitative estimate of drug-likeness (QED) is 0.565. The van der Waals surface area contributed by atoms with Gasteiger partial charge in [-0.1, -0.05) is 20.8 Å². The highest BCUT2D eigenvalue weighted by Gasteiger charge is 2.39. The van der Waals surface area contributed by atoms with E-state index in [1.54, 1.807) is 43.1 Å². The zero-order chi connectivity index (χ0) is 23.5. The van der Waals surface area contributed by atoms with E-state index in [0.717, 1.165) is 0 Å². The van der Waals surface area contributed by atoms with Crippen molar-refractivity contribution in [2.24, 2.45) is 12.0 Å². The highest BCUT2D eigenvalue weighted by molar-refractivity contribution is 9.10. The molecule has 1 unspecified atom stereocenters. The molecule has 0 aromatic carbocycles. The zero-order valence-corrected chi connectivity index (χ0v) is 22.0. The van der Waals surface area contributed by atoms with Crippen LogP contribution in [0.4, 0.5) is 9.59 Å². The second-order valence-corrected chi connectivity index (χ2v) is 15.3. The molecule has 172 valence electrons. The van der Waals surface area contributed by atoms with Crippen LogP contribution in [0.1, 0.15) is 41.5 Å². The number of nitrogens with zero attached hydrogens (tertiary/aromatic N) is 3. The van der Waals surface area contributed by atoms with Gasteiger partial charge in [-0.05, 0) is 54.8 Å². The molecular weight excluding hydrogens is 472 g/mol. The number of carbonyl (C=O) groups is 2. The lowest BCUT2D eigenvalue weighted by atomic mass is 10.2. The van der Waals surface area contributed by atoms with E-state index in [0.29, 0.717) is 16.8 Å². The zero-order valence-electron chi connectivity index (χ0n) is 19.4. The maximum atomic E-state index is 12.3. The summed E-state index contributed by atoms with van der Waals surface area (Å²) in [5.74, 6) is 0. The van der Waals surface area contributed by atoms with Crippen LogP contribution in [-0.2, 0) is 22.8 Å². The minimum absolute atomic E-state index is 0.0415. The molecule has 11 heteroatoms. The molecule has 0 saturated heterocycles. The van der Waals surface area contributed by atoms with Crippen molar-refractivity contribution in [3.63, 3.8) is 0 Å². The van der Waals surface area contributed by atoms with Crippen molar-refractivity contribution in [2.75, 3.05) is 6.54 Å². The summed E-state index contributed by atoms with van der Waals surface area (Å²) in [7, 11) is -0.402. The third kappa shape index (κ3) is 7.92. The van der Waals surface area contributed by atoms with Crippen LogP contribution in [0.3, 0.4) is 0 Å². The van der Waals surface area contributed by atoms with E-state index in [9.17, 15) is 9.59 Å². The highest BCUT2D eigenvalue weighted by atomic mass is 79.9. The van der Waals surface area contributed by atoms with Crippen LogP contribution in [-0.4, -0.2) is 53.0 Å². The van der Waals surface area contributed by atoms with E-state index in [-0.39, 0.29) is 11.6 Å². The Morgan fingerprint density at radius 2 is 1.83 bits per heavy atom. The number of hydrogen-bond donors (Lipinski definition) is 2. The van der Waals surface area contributed by atoms with Gasteiger partial charge in [0.2, 0.25) is 5.62 Å². The van der Waals surface area contributed by atoms with Gasteiger partial charge in [-0.25, -0.2) is 9.59 Å². The van der Waals surface area contributed by atoms with E-state index in [4.69, 9.17) is 14.3 Å². The van der Waals surface area contributed by atoms with Gasteiger partial charge in [-0.2, -0.15) is 0 Å². The monoisotopic (exact) mass is 506 g/mol. The second kappa shape index (κ2) is 9.69. The predicted octanol–water partition coefficient (Wildman–Crippen LogP) is 4.08. The molecule has 0 aliphatic heterocycles. The van der Waals surface area contributed by atoms with E-state index in [1.807, 2.05) is 0 Å². The Kier molecular flexibility index (Phi) is 8.54. The van der Waals surface area contributed by atoms with Crippen molar-refractivity contribution < 1.29 is 23.9 Å². The molecule has 1 aromatic rings. The van der Waals surface area contributed by atoms with Crippen LogP contribution in [0, 0.1) is 0 Å². The van der Waals surface area contributed by atoms with Crippen LogP contribution >= 0.6 is 15.9 Å². The molecule has 9 nitrogen and oxygen atoms in total. The molecule has 1 heterocycles. The van der Waals surface area contributed by atoms with Crippen molar-refractivity contribution in [2.45, 2.75) is 77.9 Å². The summed E-state index contributed by atoms with van der Waals surface area (Å²) in [6, 6.07) is 0. The average Bonchev–Trinajstić information content (AvgIpc) is 2.77. The van der Waals surface area contributed by atoms with E-state index < -0.39 is 32.2 Å². The Hall–Kier alpha value is -1.59. The fourth-order valence-corrected chi connectivity index (χ4v) is 4.11. The van der Waals surface area contributed by atoms with E-state index in [1.165, 1.54) is 0 Å². The normalized spacial score (nSPS) is 14.5. The molecule has 0 radical (unpaired) electrons. The van der Waals surface area contributed by atoms with Crippen molar-refractivity contribution in [3.8, 4) is 0 Å². The largest absolute Gasteiger partial charge is 0.465 e. The van der Waals surface area contributed by atoms with Gasteiger partial charge in [0.05, 0.1) is 12.6 Å². The van der Waals surface area contributed by atoms with Crippen LogP contribution in [0.2, 0.25) is 18.1 Å². The summed E-state index contributed by atoms with van der Waals surface area (Å²) in [4.78, 5) is 27.4. The number of amides is 2. The standard InChI is InChI=1S/C19H35BrN4O5Si/c1-18(2,3)28-17(27)22-15-23(7)14(20)12-24(15)11-13(10-21-16(25)26)29-30(8,9)19(4,5)6/h12-13,21H,10-11H2,1-9H3,(H,25,26). The minimum atomic E-state index is -2.17. The third-order valence-electron chi connectivity index (χ3n) is 4.87. The van der Waals surface area contributed by atoms with Crippen molar-refractivity contribution in [3.05, 3.63) is 16.4 Å². The van der Waals surface area contributed by atoms with Crippen molar-refractivity contribution in [1.82, 2.24) is 14.5 Å². The van der Waals surface area contributed by atoms with Gasteiger partial charge in [0.1, 0.15) is 10.2 Å². The van der Waals surface area contributed by atoms with Gasteiger partial charge in [0.25, 0.3) is 0 Å². The maximum absolute atomic E-state index is 12.3. The van der Waals surface area contributed by atoms with Crippen LogP contribution in [0.5, 0.6) is 0 Å². The molecule has 0 aliphatic rings. The number of rotatable bonds is 6. The van der Waals surface area contributed by atoms with Crippen LogP contribution in [0.25, 0.3) is 0 Å². The SMILES string of the molecule is Cn1c(Br)cn(CC(CNC(=O)O)O[Si](C)(C)C(C)(C)C)c1=NC(=O)OC(C)(C)C. The van der Waals surface area contributed by atoms with Gasteiger partial charge >= 0.3 is 12.2 Å². The average molecular weight is 508 g/mol. The first-order valence-electron chi connectivity index (χ1n) is 9.77. The minimum Gasteiger partial charge on any atom is -0.465 e. The van der Waals surface area contributed by atoms with Crippen molar-refractivity contribution >= 4 is 36.4 Å². The molecule has 0 aliphatic carbocycles. The third-order valence-corrected chi connectivity index (χ3v) is 10.1. The Labute approximate surface area is 187 Å². The second-order valence-electron chi connectivity index (χ2n) is 9.74. The number of halogens is 1.